The fraction of sp³-hybridized carbons (Fsp3) is 0.375. The molecule has 0 spiro atoms. The van der Waals surface area contributed by atoms with Gasteiger partial charge in [0.05, 0.1) is 0 Å². The average molecular weight is 456 g/mol. The second-order valence-corrected chi connectivity index (χ2v) is 10.1. The number of rotatable bonds is 5. The summed E-state index contributed by atoms with van der Waals surface area (Å²) in [5.41, 5.74) is 1.88. The van der Waals surface area contributed by atoms with E-state index in [1.807, 2.05) is 47.4 Å². The van der Waals surface area contributed by atoms with Gasteiger partial charge in [0.2, 0.25) is 15.9 Å². The lowest BCUT2D eigenvalue weighted by molar-refractivity contribution is -0.137. The third-order valence-corrected chi connectivity index (χ3v) is 7.77. The molecule has 2 fully saturated rings. The zero-order valence-electron chi connectivity index (χ0n) is 18.0. The number of hydrogen-bond acceptors (Lipinski definition) is 5. The number of nitrogens with zero attached hydrogens (tertiary/aromatic N) is 3. The molecule has 8 heteroatoms. The van der Waals surface area contributed by atoms with Crippen molar-refractivity contribution in [1.29, 1.82) is 0 Å². The summed E-state index contributed by atoms with van der Waals surface area (Å²) < 4.78 is 26.8. The standard InChI is InChI=1S/C24H29N3O4S/c28-23-8-6-22(7-9-23)25-15-17-26(18-16-25)24(29)21-10-13-27(14-11-21)32(30,31)19-12-20-4-2-1-3-5-20/h1-9,12,19,21,28H,10-11,13-18H2. The maximum absolute atomic E-state index is 13.0. The van der Waals surface area contributed by atoms with Gasteiger partial charge in [-0.3, -0.25) is 4.79 Å². The van der Waals surface area contributed by atoms with E-state index in [9.17, 15) is 18.3 Å². The number of amides is 1. The number of carbonyl (C=O) groups excluding carboxylic acids is 1. The summed E-state index contributed by atoms with van der Waals surface area (Å²) in [7, 11) is -3.49. The van der Waals surface area contributed by atoms with Crippen LogP contribution in [0.2, 0.25) is 0 Å². The van der Waals surface area contributed by atoms with Gasteiger partial charge >= 0.3 is 0 Å². The van der Waals surface area contributed by atoms with Gasteiger partial charge in [0.25, 0.3) is 0 Å². The van der Waals surface area contributed by atoms with Crippen LogP contribution in [0.4, 0.5) is 5.69 Å². The fourth-order valence-corrected chi connectivity index (χ4v) is 5.50. The van der Waals surface area contributed by atoms with Crippen LogP contribution in [0.25, 0.3) is 6.08 Å². The Morgan fingerprint density at radius 2 is 1.50 bits per heavy atom. The van der Waals surface area contributed by atoms with E-state index in [0.717, 1.165) is 24.3 Å². The van der Waals surface area contributed by atoms with Gasteiger partial charge in [0.15, 0.2) is 0 Å². The number of carbonyl (C=O) groups is 1. The smallest absolute Gasteiger partial charge is 0.236 e. The highest BCUT2D eigenvalue weighted by molar-refractivity contribution is 7.92. The van der Waals surface area contributed by atoms with Crippen molar-refractivity contribution in [3.63, 3.8) is 0 Å². The van der Waals surface area contributed by atoms with Crippen LogP contribution in [0.5, 0.6) is 5.75 Å². The van der Waals surface area contributed by atoms with E-state index in [4.69, 9.17) is 0 Å². The topological polar surface area (TPSA) is 81.2 Å². The molecule has 2 aromatic rings. The molecule has 0 aliphatic carbocycles. The van der Waals surface area contributed by atoms with Crippen LogP contribution >= 0.6 is 0 Å². The summed E-state index contributed by atoms with van der Waals surface area (Å²) >= 11 is 0. The van der Waals surface area contributed by atoms with Gasteiger partial charge in [-0.15, -0.1) is 0 Å². The highest BCUT2D eigenvalue weighted by atomic mass is 32.2. The third kappa shape index (κ3) is 5.31. The minimum Gasteiger partial charge on any atom is -0.508 e. The minimum absolute atomic E-state index is 0.125. The van der Waals surface area contributed by atoms with E-state index in [2.05, 4.69) is 4.90 Å². The van der Waals surface area contributed by atoms with E-state index in [0.29, 0.717) is 39.0 Å². The number of sulfonamides is 1. The Hall–Kier alpha value is -2.84. The maximum atomic E-state index is 13.0. The lowest BCUT2D eigenvalue weighted by atomic mass is 9.96. The van der Waals surface area contributed by atoms with Gasteiger partial charge in [0.1, 0.15) is 5.75 Å². The Kier molecular flexibility index (Phi) is 6.81. The largest absolute Gasteiger partial charge is 0.508 e. The van der Waals surface area contributed by atoms with Gasteiger partial charge in [-0.05, 0) is 48.7 Å². The van der Waals surface area contributed by atoms with E-state index in [-0.39, 0.29) is 17.6 Å². The molecule has 0 bridgehead atoms. The molecule has 7 nitrogen and oxygen atoms in total. The van der Waals surface area contributed by atoms with Crippen molar-refractivity contribution in [1.82, 2.24) is 9.21 Å². The lowest BCUT2D eigenvalue weighted by Crippen LogP contribution is -2.52. The summed E-state index contributed by atoms with van der Waals surface area (Å²) in [5, 5.41) is 10.7. The van der Waals surface area contributed by atoms with Crippen molar-refractivity contribution in [2.45, 2.75) is 12.8 Å². The molecule has 0 aromatic heterocycles. The lowest BCUT2D eigenvalue weighted by Gasteiger charge is -2.39. The van der Waals surface area contributed by atoms with E-state index in [1.165, 1.54) is 9.71 Å². The molecule has 170 valence electrons. The Balaban J connectivity index is 1.27. The number of benzene rings is 2. The molecule has 0 saturated carbocycles. The molecule has 4 rings (SSSR count). The van der Waals surface area contributed by atoms with Crippen molar-refractivity contribution >= 4 is 27.7 Å². The summed E-state index contributed by atoms with van der Waals surface area (Å²) in [6.07, 6.45) is 2.71. The SMILES string of the molecule is O=C(C1CCN(S(=O)(=O)C=Cc2ccccc2)CC1)N1CCN(c2ccc(O)cc2)CC1. The Labute approximate surface area is 189 Å². The number of anilines is 1. The molecule has 1 amide bonds. The first-order valence-electron chi connectivity index (χ1n) is 11.0. The third-order valence-electron chi connectivity index (χ3n) is 6.20. The van der Waals surface area contributed by atoms with Gasteiger partial charge in [0, 0.05) is 56.3 Å². The summed E-state index contributed by atoms with van der Waals surface area (Å²) in [6, 6.07) is 16.5. The summed E-state index contributed by atoms with van der Waals surface area (Å²) in [6.45, 7) is 3.52. The number of aromatic hydroxyl groups is 1. The van der Waals surface area contributed by atoms with Crippen LogP contribution in [0.1, 0.15) is 18.4 Å². The van der Waals surface area contributed by atoms with E-state index < -0.39 is 10.0 Å². The van der Waals surface area contributed by atoms with Crippen LogP contribution in [-0.4, -0.2) is 67.9 Å². The minimum atomic E-state index is -3.49. The fourth-order valence-electron chi connectivity index (χ4n) is 4.28. The quantitative estimate of drug-likeness (QED) is 0.750. The second kappa shape index (κ2) is 9.75. The number of piperazine rings is 1. The first-order valence-corrected chi connectivity index (χ1v) is 12.5. The molecule has 2 aliphatic rings. The summed E-state index contributed by atoms with van der Waals surface area (Å²) in [5.74, 6) is 0.249. The van der Waals surface area contributed by atoms with Crippen molar-refractivity contribution < 1.29 is 18.3 Å². The van der Waals surface area contributed by atoms with Crippen LogP contribution in [0.15, 0.2) is 60.0 Å². The van der Waals surface area contributed by atoms with Gasteiger partial charge in [-0.2, -0.15) is 4.31 Å². The van der Waals surface area contributed by atoms with Gasteiger partial charge in [-0.25, -0.2) is 8.42 Å². The van der Waals surface area contributed by atoms with Crippen molar-refractivity contribution in [3.05, 3.63) is 65.6 Å². The summed E-state index contributed by atoms with van der Waals surface area (Å²) in [4.78, 5) is 17.1. The normalized spacial score (nSPS) is 18.9. The van der Waals surface area contributed by atoms with Gasteiger partial charge in [-0.1, -0.05) is 30.3 Å². The van der Waals surface area contributed by atoms with E-state index in [1.54, 1.807) is 18.2 Å². The molecular weight excluding hydrogens is 426 g/mol. The highest BCUT2D eigenvalue weighted by Crippen LogP contribution is 2.25. The zero-order valence-corrected chi connectivity index (χ0v) is 18.8. The molecule has 2 aliphatic heterocycles. The Morgan fingerprint density at radius 1 is 0.875 bits per heavy atom. The Morgan fingerprint density at radius 3 is 2.12 bits per heavy atom. The van der Waals surface area contributed by atoms with Gasteiger partial charge < -0.3 is 14.9 Å². The molecule has 1 N–H and O–H groups in total. The number of piperidine rings is 1. The molecule has 0 atom stereocenters. The highest BCUT2D eigenvalue weighted by Gasteiger charge is 2.33. The molecule has 2 heterocycles. The van der Waals surface area contributed by atoms with Crippen LogP contribution < -0.4 is 4.90 Å². The molecule has 2 saturated heterocycles. The van der Waals surface area contributed by atoms with Crippen LogP contribution in [0.3, 0.4) is 0 Å². The number of hydrogen-bond donors (Lipinski definition) is 1. The number of phenolic OH excluding ortho intramolecular Hbond substituents is 1. The van der Waals surface area contributed by atoms with Crippen molar-refractivity contribution in [3.8, 4) is 5.75 Å². The number of phenols is 1. The first-order chi connectivity index (χ1) is 15.4. The van der Waals surface area contributed by atoms with Crippen LogP contribution in [0, 0.1) is 5.92 Å². The predicted octanol–water partition coefficient (Wildman–Crippen LogP) is 2.75. The molecule has 0 radical (unpaired) electrons. The van der Waals surface area contributed by atoms with Crippen molar-refractivity contribution in [2.75, 3.05) is 44.2 Å². The first kappa shape index (κ1) is 22.4. The monoisotopic (exact) mass is 455 g/mol. The maximum Gasteiger partial charge on any atom is 0.236 e. The van der Waals surface area contributed by atoms with E-state index >= 15 is 0 Å². The molecule has 32 heavy (non-hydrogen) atoms. The average Bonchev–Trinajstić information content (AvgIpc) is 2.84. The van der Waals surface area contributed by atoms with Crippen LogP contribution in [-0.2, 0) is 14.8 Å². The predicted molar refractivity (Wildman–Crippen MR) is 126 cm³/mol. The molecule has 0 unspecified atom stereocenters. The van der Waals surface area contributed by atoms with Crippen molar-refractivity contribution in [2.24, 2.45) is 5.92 Å². The second-order valence-electron chi connectivity index (χ2n) is 8.26. The Bertz CT molecular complexity index is 1040. The molecular formula is C24H29N3O4S. The zero-order chi connectivity index (χ0) is 22.6. The molecule has 2 aromatic carbocycles.